The zero-order valence-corrected chi connectivity index (χ0v) is 8.18. The Balaban J connectivity index is 2.53. The van der Waals surface area contributed by atoms with Crippen molar-refractivity contribution in [3.05, 3.63) is 0 Å². The normalized spacial score (nSPS) is 17.2. The predicted octanol–water partition coefficient (Wildman–Crippen LogP) is 0.520. The smallest absolute Gasteiger partial charge is 0.326 e. The topological polar surface area (TPSA) is 61.4 Å². The molecule has 0 atom stereocenters. The summed E-state index contributed by atoms with van der Waals surface area (Å²) in [5.41, 5.74) is -0.306. The van der Waals surface area contributed by atoms with E-state index in [9.17, 15) is 9.59 Å². The first-order valence-corrected chi connectivity index (χ1v) is 4.28. The van der Waals surface area contributed by atoms with Gasteiger partial charge in [-0.3, -0.25) is 0 Å². The molecule has 1 fully saturated rings. The quantitative estimate of drug-likeness (QED) is 0.578. The number of carbonyl (C=O) groups is 2. The molecule has 74 valence electrons. The van der Waals surface area contributed by atoms with E-state index in [0.29, 0.717) is 13.1 Å². The Morgan fingerprint density at radius 3 is 2.54 bits per heavy atom. The van der Waals surface area contributed by atoms with Crippen molar-refractivity contribution in [2.45, 2.75) is 26.3 Å². The van der Waals surface area contributed by atoms with Gasteiger partial charge >= 0.3 is 12.1 Å². The van der Waals surface area contributed by atoms with Crippen LogP contribution in [-0.4, -0.2) is 35.6 Å². The molecule has 0 aromatic carbocycles. The monoisotopic (exact) mass is 185 g/mol. The molecule has 5 heteroatoms. The number of urea groups is 2. The molecule has 0 spiro atoms. The highest BCUT2D eigenvalue weighted by atomic mass is 16.2. The zero-order chi connectivity index (χ0) is 10.1. The van der Waals surface area contributed by atoms with Gasteiger partial charge in [-0.25, -0.2) is 14.5 Å². The third-order valence-electron chi connectivity index (χ3n) is 1.58. The van der Waals surface area contributed by atoms with Crippen molar-refractivity contribution < 1.29 is 9.59 Å². The molecule has 0 saturated carbocycles. The number of rotatable bonds is 0. The number of hydrogen-bond donors (Lipinski definition) is 2. The van der Waals surface area contributed by atoms with E-state index < -0.39 is 0 Å². The molecule has 0 aromatic rings. The maximum atomic E-state index is 11.4. The molecule has 1 saturated heterocycles. The average molecular weight is 185 g/mol. The van der Waals surface area contributed by atoms with Crippen LogP contribution in [0.3, 0.4) is 0 Å². The molecular weight excluding hydrogens is 170 g/mol. The Kier molecular flexibility index (Phi) is 2.45. The lowest BCUT2D eigenvalue weighted by Gasteiger charge is -2.23. The fraction of sp³-hybridized carbons (Fsp3) is 0.750. The number of amides is 4. The van der Waals surface area contributed by atoms with Crippen LogP contribution in [0, 0.1) is 0 Å². The molecule has 0 radical (unpaired) electrons. The van der Waals surface area contributed by atoms with Gasteiger partial charge in [-0.15, -0.1) is 0 Å². The molecule has 0 bridgehead atoms. The highest BCUT2D eigenvalue weighted by molar-refractivity contribution is 5.95. The van der Waals surface area contributed by atoms with E-state index in [-0.39, 0.29) is 17.6 Å². The van der Waals surface area contributed by atoms with Crippen molar-refractivity contribution in [3.63, 3.8) is 0 Å². The van der Waals surface area contributed by atoms with E-state index in [1.54, 1.807) is 0 Å². The van der Waals surface area contributed by atoms with Crippen LogP contribution in [0.25, 0.3) is 0 Å². The van der Waals surface area contributed by atoms with Gasteiger partial charge in [0.1, 0.15) is 0 Å². The molecule has 4 amide bonds. The van der Waals surface area contributed by atoms with Crippen LogP contribution in [0.15, 0.2) is 0 Å². The summed E-state index contributed by atoms with van der Waals surface area (Å²) in [6.45, 7) is 6.60. The molecular formula is C8H15N3O2. The summed E-state index contributed by atoms with van der Waals surface area (Å²) >= 11 is 0. The van der Waals surface area contributed by atoms with Gasteiger partial charge in [-0.05, 0) is 20.8 Å². The highest BCUT2D eigenvalue weighted by Gasteiger charge is 2.28. The Morgan fingerprint density at radius 2 is 2.15 bits per heavy atom. The number of nitrogens with zero attached hydrogens (tertiary/aromatic N) is 1. The molecule has 1 rings (SSSR count). The van der Waals surface area contributed by atoms with Gasteiger partial charge in [-0.1, -0.05) is 0 Å². The summed E-state index contributed by atoms with van der Waals surface area (Å²) in [4.78, 5) is 23.7. The summed E-state index contributed by atoms with van der Waals surface area (Å²) in [6.07, 6.45) is 0. The van der Waals surface area contributed by atoms with Crippen LogP contribution in [-0.2, 0) is 0 Å². The summed E-state index contributed by atoms with van der Waals surface area (Å²) < 4.78 is 0. The minimum absolute atomic E-state index is 0.306. The molecule has 1 heterocycles. The maximum Gasteiger partial charge on any atom is 0.326 e. The second-order valence-electron chi connectivity index (χ2n) is 4.06. The van der Waals surface area contributed by atoms with Gasteiger partial charge in [-0.2, -0.15) is 0 Å². The summed E-state index contributed by atoms with van der Waals surface area (Å²) in [7, 11) is 0. The summed E-state index contributed by atoms with van der Waals surface area (Å²) in [5, 5.41) is 5.28. The minimum atomic E-state index is -0.331. The first-order valence-electron chi connectivity index (χ1n) is 4.28. The number of hydrogen-bond acceptors (Lipinski definition) is 2. The summed E-state index contributed by atoms with van der Waals surface area (Å²) in [5.74, 6) is 0. The van der Waals surface area contributed by atoms with Crippen LogP contribution >= 0.6 is 0 Å². The molecule has 5 nitrogen and oxygen atoms in total. The van der Waals surface area contributed by atoms with Crippen LogP contribution in [0.5, 0.6) is 0 Å². The summed E-state index contributed by atoms with van der Waals surface area (Å²) in [6, 6.07) is -0.649. The van der Waals surface area contributed by atoms with Gasteiger partial charge in [0.15, 0.2) is 0 Å². The van der Waals surface area contributed by atoms with Crippen molar-refractivity contribution in [3.8, 4) is 0 Å². The Labute approximate surface area is 77.5 Å². The first-order chi connectivity index (χ1) is 5.90. The molecule has 1 aliphatic rings. The SMILES string of the molecule is CC(C)(C)NC(=O)N1CCNC1=O. The zero-order valence-electron chi connectivity index (χ0n) is 8.18. The van der Waals surface area contributed by atoms with E-state index >= 15 is 0 Å². The highest BCUT2D eigenvalue weighted by Crippen LogP contribution is 2.03. The maximum absolute atomic E-state index is 11.4. The van der Waals surface area contributed by atoms with Gasteiger partial charge in [0.05, 0.1) is 0 Å². The van der Waals surface area contributed by atoms with Crippen molar-refractivity contribution >= 4 is 12.1 Å². The largest absolute Gasteiger partial charge is 0.336 e. The molecule has 0 unspecified atom stereocenters. The fourth-order valence-corrected chi connectivity index (χ4v) is 1.05. The lowest BCUT2D eigenvalue weighted by Crippen LogP contribution is -2.49. The van der Waals surface area contributed by atoms with Crippen molar-refractivity contribution in [2.24, 2.45) is 0 Å². The van der Waals surface area contributed by atoms with Crippen LogP contribution < -0.4 is 10.6 Å². The van der Waals surface area contributed by atoms with Crippen LogP contribution in [0.2, 0.25) is 0 Å². The van der Waals surface area contributed by atoms with Crippen molar-refractivity contribution in [1.82, 2.24) is 15.5 Å². The second-order valence-corrected chi connectivity index (χ2v) is 4.06. The van der Waals surface area contributed by atoms with Gasteiger partial charge < -0.3 is 10.6 Å². The fourth-order valence-electron chi connectivity index (χ4n) is 1.05. The van der Waals surface area contributed by atoms with Crippen molar-refractivity contribution in [1.29, 1.82) is 0 Å². The lowest BCUT2D eigenvalue weighted by atomic mass is 10.1. The van der Waals surface area contributed by atoms with E-state index in [0.717, 1.165) is 0 Å². The lowest BCUT2D eigenvalue weighted by molar-refractivity contribution is 0.192. The number of nitrogens with one attached hydrogen (secondary N) is 2. The molecule has 1 aliphatic heterocycles. The first kappa shape index (κ1) is 9.83. The van der Waals surface area contributed by atoms with E-state index in [2.05, 4.69) is 10.6 Å². The standard InChI is InChI=1S/C8H15N3O2/c1-8(2,3)10-7(13)11-5-4-9-6(11)12/h4-5H2,1-3H3,(H,9,12)(H,10,13). The van der Waals surface area contributed by atoms with Crippen molar-refractivity contribution in [2.75, 3.05) is 13.1 Å². The second kappa shape index (κ2) is 3.24. The Morgan fingerprint density at radius 1 is 1.54 bits per heavy atom. The average Bonchev–Trinajstić information content (AvgIpc) is 2.30. The van der Waals surface area contributed by atoms with Gasteiger partial charge in [0, 0.05) is 18.6 Å². The third-order valence-corrected chi connectivity index (χ3v) is 1.58. The molecule has 0 aromatic heterocycles. The number of imide groups is 1. The molecule has 13 heavy (non-hydrogen) atoms. The van der Waals surface area contributed by atoms with E-state index in [1.807, 2.05) is 20.8 Å². The Bertz CT molecular complexity index is 232. The molecule has 0 aliphatic carbocycles. The van der Waals surface area contributed by atoms with E-state index in [4.69, 9.17) is 0 Å². The minimum Gasteiger partial charge on any atom is -0.336 e. The number of carbonyl (C=O) groups excluding carboxylic acids is 2. The Hall–Kier alpha value is -1.26. The van der Waals surface area contributed by atoms with Gasteiger partial charge in [0.2, 0.25) is 0 Å². The predicted molar refractivity (Wildman–Crippen MR) is 48.4 cm³/mol. The van der Waals surface area contributed by atoms with Crippen LogP contribution in [0.1, 0.15) is 20.8 Å². The van der Waals surface area contributed by atoms with E-state index in [1.165, 1.54) is 4.90 Å². The van der Waals surface area contributed by atoms with Gasteiger partial charge in [0.25, 0.3) is 0 Å². The molecule has 2 N–H and O–H groups in total. The van der Waals surface area contributed by atoms with Crippen LogP contribution in [0.4, 0.5) is 9.59 Å². The third kappa shape index (κ3) is 2.61.